The van der Waals surface area contributed by atoms with E-state index in [2.05, 4.69) is 10.4 Å². The van der Waals surface area contributed by atoms with Crippen LogP contribution < -0.4 is 15.1 Å². The molecule has 0 bridgehead atoms. The fraction of sp³-hybridized carbons (Fsp3) is 0.217. The highest BCUT2D eigenvalue weighted by molar-refractivity contribution is 6.33. The highest BCUT2D eigenvalue weighted by atomic mass is 35.5. The van der Waals surface area contributed by atoms with E-state index in [-0.39, 0.29) is 41.4 Å². The first-order valence-electron chi connectivity index (χ1n) is 19.4. The predicted molar refractivity (Wildman–Crippen MR) is 220 cm³/mol. The van der Waals surface area contributed by atoms with E-state index in [1.807, 2.05) is 0 Å². The zero-order valence-electron chi connectivity index (χ0n) is 32.4. The number of aromatic hydroxyl groups is 1. The largest absolute Gasteiger partial charge is 0.508 e. The van der Waals surface area contributed by atoms with Crippen LogP contribution in [0.1, 0.15) is 51.4 Å². The van der Waals surface area contributed by atoms with Crippen LogP contribution in [0.15, 0.2) is 121 Å². The Bertz CT molecular complexity index is 2730. The van der Waals surface area contributed by atoms with Crippen molar-refractivity contribution in [2.24, 2.45) is 23.7 Å². The molecule has 4 aromatic carbocycles. The van der Waals surface area contributed by atoms with E-state index in [1.54, 1.807) is 72.8 Å². The molecule has 5 aromatic rings. The number of allylic oxidation sites excluding steroid dienone is 2. The molecule has 16 heteroatoms. The Balaban J connectivity index is 1.17. The van der Waals surface area contributed by atoms with Crippen molar-refractivity contribution in [1.82, 2.24) is 9.99 Å². The first kappa shape index (κ1) is 40.9. The smallest absolute Gasteiger partial charge is 0.417 e. The Hall–Kier alpha value is -6.51. The van der Waals surface area contributed by atoms with Gasteiger partial charge in [-0.1, -0.05) is 83.4 Å². The van der Waals surface area contributed by atoms with Crippen molar-refractivity contribution in [3.05, 3.63) is 159 Å². The molecule has 6 atom stereocenters. The van der Waals surface area contributed by atoms with Gasteiger partial charge in [-0.25, -0.2) is 4.98 Å². The summed E-state index contributed by atoms with van der Waals surface area (Å²) in [4.78, 5) is 77.7. The van der Waals surface area contributed by atoms with E-state index in [1.165, 1.54) is 37.4 Å². The van der Waals surface area contributed by atoms with E-state index in [0.717, 1.165) is 4.90 Å². The molecule has 62 heavy (non-hydrogen) atoms. The minimum Gasteiger partial charge on any atom is -0.508 e. The van der Waals surface area contributed by atoms with Gasteiger partial charge in [0, 0.05) is 33.8 Å². The normalized spacial score (nSPS) is 24.4. The number of hydrogen-bond donors (Lipinski definition) is 2. The minimum absolute atomic E-state index is 0.0606. The average molecular weight is 882 g/mol. The summed E-state index contributed by atoms with van der Waals surface area (Å²) in [5.74, 6) is -8.77. The van der Waals surface area contributed by atoms with Crippen LogP contribution >= 0.6 is 23.2 Å². The summed E-state index contributed by atoms with van der Waals surface area (Å²) >= 11 is 12.6. The number of amides is 4. The Labute approximate surface area is 361 Å². The molecule has 3 heterocycles. The van der Waals surface area contributed by atoms with E-state index in [9.17, 15) is 32.7 Å². The van der Waals surface area contributed by atoms with E-state index in [0.29, 0.717) is 44.6 Å². The number of imide groups is 2. The van der Waals surface area contributed by atoms with Gasteiger partial charge in [0.25, 0.3) is 11.8 Å². The number of phenolic OH excluding ortho intramolecular Hbond substituents is 1. The third-order valence-electron chi connectivity index (χ3n) is 12.5. The third kappa shape index (κ3) is 6.26. The van der Waals surface area contributed by atoms with Gasteiger partial charge in [-0.15, -0.1) is 0 Å². The van der Waals surface area contributed by atoms with Gasteiger partial charge in [-0.3, -0.25) is 34.3 Å². The molecule has 1 saturated carbocycles. The molecular weight excluding hydrogens is 848 g/mol. The molecule has 4 aliphatic rings. The summed E-state index contributed by atoms with van der Waals surface area (Å²) in [7, 11) is 1.37. The molecular formula is C46H33Cl2F3N4O7. The van der Waals surface area contributed by atoms with Crippen molar-refractivity contribution >= 4 is 64.1 Å². The highest BCUT2D eigenvalue weighted by Crippen LogP contribution is 2.66. The number of rotatable bonds is 8. The van der Waals surface area contributed by atoms with Gasteiger partial charge >= 0.3 is 6.18 Å². The number of carbonyl (C=O) groups is 5. The van der Waals surface area contributed by atoms with Crippen LogP contribution in [0, 0.1) is 23.7 Å². The van der Waals surface area contributed by atoms with Crippen LogP contribution in [-0.2, 0) is 30.8 Å². The second kappa shape index (κ2) is 15.1. The maximum Gasteiger partial charge on any atom is 0.417 e. The summed E-state index contributed by atoms with van der Waals surface area (Å²) in [6, 6.07) is 26.2. The van der Waals surface area contributed by atoms with Gasteiger partial charge in [0.05, 0.1) is 46.6 Å². The van der Waals surface area contributed by atoms with Crippen molar-refractivity contribution < 1.29 is 47.0 Å². The molecule has 4 amide bonds. The summed E-state index contributed by atoms with van der Waals surface area (Å²) < 4.78 is 46.5. The van der Waals surface area contributed by atoms with Gasteiger partial charge in [0.1, 0.15) is 11.5 Å². The van der Waals surface area contributed by atoms with E-state index < -0.39 is 81.2 Å². The van der Waals surface area contributed by atoms with E-state index in [4.69, 9.17) is 27.9 Å². The monoisotopic (exact) mass is 880 g/mol. The molecule has 6 unspecified atom stereocenters. The van der Waals surface area contributed by atoms with Crippen LogP contribution in [0.3, 0.4) is 0 Å². The van der Waals surface area contributed by atoms with Gasteiger partial charge in [0.2, 0.25) is 11.8 Å². The zero-order chi connectivity index (χ0) is 43.8. The van der Waals surface area contributed by atoms with Crippen molar-refractivity contribution in [2.75, 3.05) is 17.4 Å². The molecule has 0 radical (unpaired) electrons. The van der Waals surface area contributed by atoms with Crippen LogP contribution in [-0.4, -0.2) is 51.6 Å². The van der Waals surface area contributed by atoms with Crippen molar-refractivity contribution in [3.63, 3.8) is 0 Å². The maximum absolute atomic E-state index is 15.5. The molecule has 9 rings (SSSR count). The standard InChI is InChI=1S/C46H33Cl2F3N4O7/c1-62-35-9-5-8-34(56)37(35)38-29-18-19-30-36(43(60)54(41(30)58)28-16-10-24(11-17-28)39(57)23-6-3-2-4-7-23)31(29)21-32-42(59)55(44(61)45(32,38)25-12-14-27(47)15-13-25)53-40-33(48)20-26(22-52-40)46(49,50)51/h2-18,20,22,30-32,36,38,56H,19,21H2,1H3,(H,52,53). The number of benzene rings is 4. The number of methoxy groups -OCH3 is 1. The number of anilines is 2. The lowest BCUT2D eigenvalue weighted by atomic mass is 9.49. The first-order chi connectivity index (χ1) is 29.7. The molecule has 1 aromatic heterocycles. The van der Waals surface area contributed by atoms with Gasteiger partial charge in [0.15, 0.2) is 11.6 Å². The fourth-order valence-corrected chi connectivity index (χ4v) is 10.2. The maximum atomic E-state index is 15.5. The summed E-state index contributed by atoms with van der Waals surface area (Å²) in [5, 5.41) is 12.2. The quantitative estimate of drug-likeness (QED) is 0.0890. The number of nitrogens with zero attached hydrogens (tertiary/aromatic N) is 3. The number of pyridine rings is 1. The van der Waals surface area contributed by atoms with Crippen molar-refractivity contribution in [1.29, 1.82) is 0 Å². The summed E-state index contributed by atoms with van der Waals surface area (Å²) in [5.41, 5.74) is 1.52. The van der Waals surface area contributed by atoms with Crippen LogP contribution in [0.25, 0.3) is 0 Å². The second-order valence-electron chi connectivity index (χ2n) is 15.6. The number of halogens is 5. The number of fused-ring (bicyclic) bond motifs is 4. The number of ether oxygens (including phenoxy) is 1. The first-order valence-corrected chi connectivity index (χ1v) is 20.2. The Morgan fingerprint density at radius 3 is 2.23 bits per heavy atom. The fourth-order valence-electron chi connectivity index (χ4n) is 9.87. The lowest BCUT2D eigenvalue weighted by molar-refractivity contribution is -0.139. The number of carbonyl (C=O) groups excluding carboxylic acids is 5. The zero-order valence-corrected chi connectivity index (χ0v) is 33.9. The molecule has 2 aliphatic carbocycles. The molecule has 2 aliphatic heterocycles. The molecule has 0 spiro atoms. The molecule has 2 N–H and O–H groups in total. The summed E-state index contributed by atoms with van der Waals surface area (Å²) in [6.45, 7) is 0. The predicted octanol–water partition coefficient (Wildman–Crippen LogP) is 8.54. The topological polar surface area (TPSA) is 146 Å². The molecule has 3 fully saturated rings. The second-order valence-corrected chi connectivity index (χ2v) is 16.4. The molecule has 2 saturated heterocycles. The number of hydrazine groups is 1. The van der Waals surface area contributed by atoms with Crippen LogP contribution in [0.5, 0.6) is 11.5 Å². The SMILES string of the molecule is COc1cccc(O)c1C1C2=CCC3C(=O)N(c4ccc(C(=O)c5ccccc5)cc4)C(=O)C3C2CC2C(=O)N(Nc3ncc(C(F)(F)F)cc3Cl)C(=O)C21c1ccc(Cl)cc1. The van der Waals surface area contributed by atoms with Crippen molar-refractivity contribution in [2.45, 2.75) is 30.4 Å². The summed E-state index contributed by atoms with van der Waals surface area (Å²) in [6.07, 6.45) is -2.57. The lowest BCUT2D eigenvalue weighted by Crippen LogP contribution is -2.53. The lowest BCUT2D eigenvalue weighted by Gasteiger charge is -2.50. The number of hydrogen-bond acceptors (Lipinski definition) is 9. The van der Waals surface area contributed by atoms with Crippen LogP contribution in [0.4, 0.5) is 24.7 Å². The minimum atomic E-state index is -4.78. The van der Waals surface area contributed by atoms with Gasteiger partial charge < -0.3 is 9.84 Å². The number of nitrogens with one attached hydrogen (secondary N) is 1. The van der Waals surface area contributed by atoms with Gasteiger partial charge in [-0.05, 0) is 78.9 Å². The third-order valence-corrected chi connectivity index (χ3v) is 13.1. The molecule has 314 valence electrons. The van der Waals surface area contributed by atoms with E-state index >= 15 is 9.59 Å². The number of alkyl halides is 3. The number of aromatic nitrogens is 1. The Kier molecular flexibility index (Phi) is 9.98. The average Bonchev–Trinajstić information content (AvgIpc) is 3.64. The highest BCUT2D eigenvalue weighted by Gasteiger charge is 2.71. The Morgan fingerprint density at radius 1 is 0.871 bits per heavy atom. The Morgan fingerprint density at radius 2 is 1.56 bits per heavy atom. The van der Waals surface area contributed by atoms with Crippen molar-refractivity contribution in [3.8, 4) is 11.5 Å². The molecule has 11 nitrogen and oxygen atoms in total. The number of phenols is 1. The van der Waals surface area contributed by atoms with Crippen LogP contribution in [0.2, 0.25) is 10.0 Å². The number of ketones is 1. The van der Waals surface area contributed by atoms with Gasteiger partial charge in [-0.2, -0.15) is 18.2 Å².